The van der Waals surface area contributed by atoms with E-state index in [0.717, 1.165) is 34.4 Å². The zero-order valence-electron chi connectivity index (χ0n) is 17.7. The largest absolute Gasteiger partial charge is 0.461 e. The van der Waals surface area contributed by atoms with E-state index in [1.54, 1.807) is 0 Å². The first-order valence-corrected chi connectivity index (χ1v) is 11.2. The Kier molecular flexibility index (Phi) is 2.92. The number of hydrogen-bond acceptors (Lipinski definition) is 3. The number of quaternary nitrogens is 1. The first-order valence-electron chi connectivity index (χ1n) is 11.2. The van der Waals surface area contributed by atoms with E-state index in [4.69, 9.17) is 9.47 Å². The number of nitrogens with zero attached hydrogens (tertiary/aromatic N) is 1. The van der Waals surface area contributed by atoms with Crippen LogP contribution in [0, 0.1) is 11.3 Å². The van der Waals surface area contributed by atoms with Crippen LogP contribution in [-0.4, -0.2) is 54.4 Å². The van der Waals surface area contributed by atoms with Crippen molar-refractivity contribution >= 4 is 5.97 Å². The van der Waals surface area contributed by atoms with Crippen molar-refractivity contribution in [2.75, 3.05) is 14.1 Å². The number of likely N-dealkylation sites (N-methyl/N-ethyl adjacent to an activating group) is 1. The van der Waals surface area contributed by atoms with Gasteiger partial charge in [0.15, 0.2) is 5.60 Å². The highest BCUT2D eigenvalue weighted by molar-refractivity contribution is 5.87. The molecule has 3 aliphatic carbocycles. The number of rotatable bonds is 4. The van der Waals surface area contributed by atoms with Crippen LogP contribution in [0.25, 0.3) is 0 Å². The first-order chi connectivity index (χ1) is 14.4. The summed E-state index contributed by atoms with van der Waals surface area (Å²) in [6, 6.07) is 21.3. The Morgan fingerprint density at radius 1 is 1.07 bits per heavy atom. The van der Waals surface area contributed by atoms with Crippen LogP contribution in [0.1, 0.15) is 30.9 Å². The number of epoxide rings is 1. The summed E-state index contributed by atoms with van der Waals surface area (Å²) in [5, 5.41) is 0. The summed E-state index contributed by atoms with van der Waals surface area (Å²) in [6.07, 6.45) is 2.52. The van der Waals surface area contributed by atoms with E-state index in [-0.39, 0.29) is 17.7 Å². The number of piperidine rings is 1. The lowest BCUT2D eigenvalue weighted by atomic mass is 9.50. The molecular weight excluding hydrogens is 374 g/mol. The molecule has 2 spiro atoms. The van der Waals surface area contributed by atoms with Crippen molar-refractivity contribution in [3.05, 3.63) is 71.8 Å². The molecule has 7 atom stereocenters. The normalized spacial score (nSPS) is 43.1. The van der Waals surface area contributed by atoms with Gasteiger partial charge >= 0.3 is 5.97 Å². The van der Waals surface area contributed by atoms with Gasteiger partial charge in [-0.3, -0.25) is 4.79 Å². The highest BCUT2D eigenvalue weighted by atomic mass is 16.7. The van der Waals surface area contributed by atoms with Crippen molar-refractivity contribution < 1.29 is 18.8 Å². The predicted octanol–water partition coefficient (Wildman–Crippen LogP) is 3.29. The average Bonchev–Trinajstić information content (AvgIpc) is 3.55. The molecule has 2 aliphatic heterocycles. The van der Waals surface area contributed by atoms with Crippen LogP contribution < -0.4 is 0 Å². The second-order valence-corrected chi connectivity index (χ2v) is 10.9. The maximum Gasteiger partial charge on any atom is 0.321 e. The highest BCUT2D eigenvalue weighted by Crippen LogP contribution is 2.93. The number of likely N-dealkylation sites (tertiary alicyclic amines) is 1. The van der Waals surface area contributed by atoms with Crippen LogP contribution in [0.4, 0.5) is 0 Å². The van der Waals surface area contributed by atoms with Crippen LogP contribution in [-0.2, 0) is 19.7 Å². The van der Waals surface area contributed by atoms with E-state index >= 15 is 0 Å². The molecule has 2 aromatic rings. The Balaban J connectivity index is 1.19. The summed E-state index contributed by atoms with van der Waals surface area (Å²) in [5.74, 6) is 0.611. The molecule has 3 saturated carbocycles. The lowest BCUT2D eigenvalue weighted by molar-refractivity contribution is -1.02. The number of esters is 1. The fourth-order valence-corrected chi connectivity index (χ4v) is 8.34. The summed E-state index contributed by atoms with van der Waals surface area (Å²) in [6.45, 7) is 2.01. The summed E-state index contributed by atoms with van der Waals surface area (Å²) in [5.41, 5.74) is 1.74. The monoisotopic (exact) mass is 402 g/mol. The van der Waals surface area contributed by atoms with Crippen LogP contribution in [0.5, 0.6) is 0 Å². The van der Waals surface area contributed by atoms with Gasteiger partial charge in [-0.15, -0.1) is 0 Å². The van der Waals surface area contributed by atoms with E-state index in [1.165, 1.54) is 0 Å². The van der Waals surface area contributed by atoms with Crippen molar-refractivity contribution in [2.45, 2.75) is 55.1 Å². The van der Waals surface area contributed by atoms with E-state index in [9.17, 15) is 4.79 Å². The van der Waals surface area contributed by atoms with Gasteiger partial charge in [-0.05, 0) is 18.1 Å². The third-order valence-electron chi connectivity index (χ3n) is 9.45. The van der Waals surface area contributed by atoms with Crippen LogP contribution in [0.2, 0.25) is 0 Å². The quantitative estimate of drug-likeness (QED) is 0.448. The van der Waals surface area contributed by atoms with Gasteiger partial charge in [0.25, 0.3) is 0 Å². The van der Waals surface area contributed by atoms with Gasteiger partial charge in [-0.1, -0.05) is 60.7 Å². The molecule has 2 heterocycles. The van der Waals surface area contributed by atoms with Gasteiger partial charge in [-0.25, -0.2) is 0 Å². The molecule has 0 N–H and O–H groups in total. The smallest absolute Gasteiger partial charge is 0.321 e. The second kappa shape index (κ2) is 5.00. The molecule has 0 radical (unpaired) electrons. The molecule has 30 heavy (non-hydrogen) atoms. The fourth-order valence-electron chi connectivity index (χ4n) is 8.34. The molecule has 2 aromatic carbocycles. The average molecular weight is 403 g/mol. The minimum absolute atomic E-state index is 0.00833. The maximum atomic E-state index is 13.7. The fraction of sp³-hybridized carbons (Fsp3) is 0.500. The number of fused-ring (bicyclic) bond motifs is 1. The van der Waals surface area contributed by atoms with Crippen molar-refractivity contribution in [3.63, 3.8) is 0 Å². The van der Waals surface area contributed by atoms with Crippen LogP contribution >= 0.6 is 0 Å². The minimum Gasteiger partial charge on any atom is -0.461 e. The molecule has 0 amide bonds. The number of carbonyl (C=O) groups excluding carboxylic acids is 1. The molecule has 5 fully saturated rings. The van der Waals surface area contributed by atoms with Crippen molar-refractivity contribution in [1.82, 2.24) is 0 Å². The van der Waals surface area contributed by atoms with Gasteiger partial charge in [0, 0.05) is 18.8 Å². The first kappa shape index (κ1) is 17.5. The summed E-state index contributed by atoms with van der Waals surface area (Å²) in [4.78, 5) is 13.7. The van der Waals surface area contributed by atoms with Gasteiger partial charge in [0.2, 0.25) is 0 Å². The Hall–Kier alpha value is -2.17. The summed E-state index contributed by atoms with van der Waals surface area (Å²) >= 11 is 0. The topological polar surface area (TPSA) is 38.8 Å². The summed E-state index contributed by atoms with van der Waals surface area (Å²) in [7, 11) is 4.69. The van der Waals surface area contributed by atoms with Gasteiger partial charge in [-0.2, -0.15) is 0 Å². The highest BCUT2D eigenvalue weighted by Gasteiger charge is 3.10. The summed E-state index contributed by atoms with van der Waals surface area (Å²) < 4.78 is 13.3. The molecule has 4 nitrogen and oxygen atoms in total. The van der Waals surface area contributed by atoms with Crippen molar-refractivity contribution in [1.29, 1.82) is 0 Å². The number of hydrogen-bond donors (Lipinski definition) is 0. The second-order valence-electron chi connectivity index (χ2n) is 10.9. The third-order valence-corrected chi connectivity index (χ3v) is 9.45. The van der Waals surface area contributed by atoms with Crippen molar-refractivity contribution in [3.8, 4) is 0 Å². The third kappa shape index (κ3) is 1.66. The Labute approximate surface area is 177 Å². The Morgan fingerprint density at radius 2 is 1.67 bits per heavy atom. The number of benzene rings is 2. The molecule has 4 heteroatoms. The van der Waals surface area contributed by atoms with Gasteiger partial charge in [0.1, 0.15) is 29.7 Å². The molecule has 0 aromatic heterocycles. The Morgan fingerprint density at radius 3 is 2.23 bits per heavy atom. The Bertz CT molecular complexity index is 1030. The number of carbonyl (C=O) groups is 1. The lowest BCUT2D eigenvalue weighted by Gasteiger charge is -2.71. The molecule has 7 rings (SSSR count). The van der Waals surface area contributed by atoms with E-state index in [1.807, 2.05) is 67.6 Å². The molecule has 154 valence electrons. The SMILES string of the molecule is CC(C(=O)O[C@H]1CC2C3(C1)C1C4OC41C3[N+]2(C)C)(c1ccccc1)c1ccccc1. The van der Waals surface area contributed by atoms with E-state index < -0.39 is 5.41 Å². The molecule has 6 unspecified atom stereocenters. The zero-order chi connectivity index (χ0) is 20.5. The van der Waals surface area contributed by atoms with E-state index in [2.05, 4.69) is 14.1 Å². The molecule has 0 bridgehead atoms. The van der Waals surface area contributed by atoms with E-state index in [0.29, 0.717) is 23.6 Å². The molecule has 2 saturated heterocycles. The maximum absolute atomic E-state index is 13.7. The van der Waals surface area contributed by atoms with Gasteiger partial charge in [0.05, 0.1) is 19.5 Å². The van der Waals surface area contributed by atoms with Crippen molar-refractivity contribution in [2.24, 2.45) is 11.3 Å². The molecular formula is C26H28NO3+. The van der Waals surface area contributed by atoms with Crippen LogP contribution in [0.15, 0.2) is 60.7 Å². The van der Waals surface area contributed by atoms with Gasteiger partial charge < -0.3 is 14.0 Å². The van der Waals surface area contributed by atoms with Crippen LogP contribution in [0.3, 0.4) is 0 Å². The lowest BCUT2D eigenvalue weighted by Crippen LogP contribution is -2.87. The minimum atomic E-state index is -0.808. The standard InChI is InChI=1S/C26H28NO3/c1-24(16-10-6-4-7-11-16,17-12-8-5-9-13-17)23(28)29-18-14-19-25(15-18)20-21-26(20,30-21)22(25)27(19,2)3/h4-13,18-22H,14-15H2,1-3H3/q+1/t18-,19?,20?,21?,22?,25?,26?/m0/s1. The zero-order valence-corrected chi connectivity index (χ0v) is 17.7. The predicted molar refractivity (Wildman–Crippen MR) is 112 cm³/mol. The number of ether oxygens (including phenoxy) is 2. The molecule has 5 aliphatic rings.